The third-order valence-corrected chi connectivity index (χ3v) is 6.00. The van der Waals surface area contributed by atoms with Crippen LogP contribution in [0.15, 0.2) is 39.2 Å². The average molecular weight is 429 g/mol. The van der Waals surface area contributed by atoms with Crippen LogP contribution in [0.25, 0.3) is 0 Å². The van der Waals surface area contributed by atoms with Crippen molar-refractivity contribution in [2.75, 3.05) is 10.6 Å². The summed E-state index contributed by atoms with van der Waals surface area (Å²) in [6.07, 6.45) is 4.26. The molecule has 136 valence electrons. The second-order valence-electron chi connectivity index (χ2n) is 5.06. The second-order valence-corrected chi connectivity index (χ2v) is 8.18. The number of aromatic nitrogens is 2. The minimum absolute atomic E-state index is 0.371. The topological polar surface area (TPSA) is 80.0 Å². The Morgan fingerprint density at radius 1 is 1.23 bits per heavy atom. The molecule has 0 radical (unpaired) electrons. The molecule has 2 amide bonds. The number of anilines is 2. The number of hydrogen-bond acceptors (Lipinski definition) is 6. The van der Waals surface area contributed by atoms with Gasteiger partial charge in [0.25, 0.3) is 0 Å². The highest BCUT2D eigenvalue weighted by atomic mass is 35.5. The normalized spacial score (nSPS) is 10.7. The Bertz CT molecular complexity index is 913. The Balaban J connectivity index is 1.52. The van der Waals surface area contributed by atoms with Crippen molar-refractivity contribution >= 4 is 63.2 Å². The number of carbonyl (C=O) groups is 1. The minimum Gasteiger partial charge on any atom is -0.445 e. The fraction of sp³-hybridized carbons (Fsp3) is 0.188. The lowest BCUT2D eigenvalue weighted by Crippen LogP contribution is -2.19. The first-order valence-electron chi connectivity index (χ1n) is 7.58. The molecule has 1 aromatic carbocycles. The summed E-state index contributed by atoms with van der Waals surface area (Å²) in [7, 11) is 0. The summed E-state index contributed by atoms with van der Waals surface area (Å²) in [6.45, 7) is 2.02. The standard InChI is InChI=1S/C16H14Cl2N4O2S2/c1-2-10-6-19-13(24-10)8-25-14-7-20-16(26-14)22-15(23)21-9-3-4-11(17)12(18)5-9/h3-7H,2,8H2,1H3,(H2,20,21,22,23). The van der Waals surface area contributed by atoms with E-state index in [1.54, 1.807) is 42.4 Å². The largest absolute Gasteiger partial charge is 0.445 e. The first-order valence-corrected chi connectivity index (χ1v) is 10.1. The lowest BCUT2D eigenvalue weighted by atomic mass is 10.3. The van der Waals surface area contributed by atoms with Crippen molar-refractivity contribution in [3.63, 3.8) is 0 Å². The number of benzene rings is 1. The highest BCUT2D eigenvalue weighted by molar-refractivity contribution is 8.00. The molecule has 0 saturated heterocycles. The summed E-state index contributed by atoms with van der Waals surface area (Å²) in [5.74, 6) is 2.15. The van der Waals surface area contributed by atoms with Gasteiger partial charge >= 0.3 is 6.03 Å². The molecule has 2 heterocycles. The van der Waals surface area contributed by atoms with Crippen molar-refractivity contribution in [1.29, 1.82) is 0 Å². The van der Waals surface area contributed by atoms with E-state index >= 15 is 0 Å². The maximum atomic E-state index is 12.0. The van der Waals surface area contributed by atoms with Gasteiger partial charge in [-0.3, -0.25) is 5.32 Å². The van der Waals surface area contributed by atoms with Crippen LogP contribution >= 0.6 is 46.3 Å². The first kappa shape index (κ1) is 19.0. The van der Waals surface area contributed by atoms with E-state index in [4.69, 9.17) is 27.6 Å². The van der Waals surface area contributed by atoms with Crippen LogP contribution in [0.2, 0.25) is 10.0 Å². The number of thioether (sulfide) groups is 1. The minimum atomic E-state index is -0.408. The number of thiazole rings is 1. The number of halogens is 2. The number of hydrogen-bond donors (Lipinski definition) is 2. The summed E-state index contributed by atoms with van der Waals surface area (Å²) >= 11 is 14.7. The quantitative estimate of drug-likeness (QED) is 0.475. The van der Waals surface area contributed by atoms with Crippen molar-refractivity contribution in [2.45, 2.75) is 23.3 Å². The van der Waals surface area contributed by atoms with Crippen LogP contribution in [-0.2, 0) is 12.2 Å². The molecule has 2 N–H and O–H groups in total. The molecular formula is C16H14Cl2N4O2S2. The van der Waals surface area contributed by atoms with Crippen LogP contribution in [0.3, 0.4) is 0 Å². The van der Waals surface area contributed by atoms with Gasteiger partial charge in [0, 0.05) is 12.1 Å². The van der Waals surface area contributed by atoms with E-state index in [0.29, 0.717) is 32.5 Å². The monoisotopic (exact) mass is 428 g/mol. The van der Waals surface area contributed by atoms with Gasteiger partial charge in [-0.25, -0.2) is 14.8 Å². The van der Waals surface area contributed by atoms with Crippen LogP contribution < -0.4 is 10.6 Å². The number of carbonyl (C=O) groups excluding carboxylic acids is 1. The molecule has 2 aromatic heterocycles. The van der Waals surface area contributed by atoms with Crippen molar-refractivity contribution in [2.24, 2.45) is 0 Å². The predicted octanol–water partition coefficient (Wildman–Crippen LogP) is 5.94. The maximum Gasteiger partial charge on any atom is 0.325 e. The lowest BCUT2D eigenvalue weighted by molar-refractivity contribution is 0.262. The van der Waals surface area contributed by atoms with Crippen LogP contribution in [-0.4, -0.2) is 16.0 Å². The molecule has 3 rings (SSSR count). The third-order valence-electron chi connectivity index (χ3n) is 3.17. The van der Waals surface area contributed by atoms with Crippen LogP contribution in [0.4, 0.5) is 15.6 Å². The van der Waals surface area contributed by atoms with Gasteiger partial charge in [0.2, 0.25) is 5.89 Å². The molecule has 0 aliphatic heterocycles. The Morgan fingerprint density at radius 3 is 2.81 bits per heavy atom. The molecular weight excluding hydrogens is 415 g/mol. The molecule has 0 unspecified atom stereocenters. The summed E-state index contributed by atoms with van der Waals surface area (Å²) in [5.41, 5.74) is 0.540. The van der Waals surface area contributed by atoms with Crippen molar-refractivity contribution in [3.8, 4) is 0 Å². The fourth-order valence-corrected chi connectivity index (χ4v) is 3.95. The van der Waals surface area contributed by atoms with Crippen LogP contribution in [0.1, 0.15) is 18.6 Å². The Morgan fingerprint density at radius 2 is 2.08 bits per heavy atom. The van der Waals surface area contributed by atoms with Gasteiger partial charge in [0.1, 0.15) is 5.76 Å². The average Bonchev–Trinajstić information content (AvgIpc) is 3.25. The van der Waals surface area contributed by atoms with Gasteiger partial charge in [-0.15, -0.1) is 11.8 Å². The van der Waals surface area contributed by atoms with Gasteiger partial charge in [0.05, 0.1) is 32.4 Å². The summed E-state index contributed by atoms with van der Waals surface area (Å²) < 4.78 is 6.51. The highest BCUT2D eigenvalue weighted by Gasteiger charge is 2.10. The molecule has 0 bridgehead atoms. The predicted molar refractivity (Wildman–Crippen MR) is 107 cm³/mol. The molecule has 0 aliphatic carbocycles. The number of urea groups is 1. The molecule has 3 aromatic rings. The zero-order chi connectivity index (χ0) is 18.5. The summed E-state index contributed by atoms with van der Waals surface area (Å²) in [6, 6.07) is 4.45. The third kappa shape index (κ3) is 5.14. The SMILES string of the molecule is CCc1cnc(CSc2cnc(NC(=O)Nc3ccc(Cl)c(Cl)c3)s2)o1. The molecule has 6 nitrogen and oxygen atoms in total. The number of amides is 2. The molecule has 0 saturated carbocycles. The first-order chi connectivity index (χ1) is 12.5. The molecule has 0 atom stereocenters. The van der Waals surface area contributed by atoms with Gasteiger partial charge < -0.3 is 9.73 Å². The lowest BCUT2D eigenvalue weighted by Gasteiger charge is -2.06. The van der Waals surface area contributed by atoms with Crippen molar-refractivity contribution < 1.29 is 9.21 Å². The Labute approximate surface area is 168 Å². The number of oxazole rings is 1. The van der Waals surface area contributed by atoms with E-state index in [-0.39, 0.29) is 0 Å². The number of aryl methyl sites for hydroxylation is 1. The smallest absolute Gasteiger partial charge is 0.325 e. The van der Waals surface area contributed by atoms with E-state index < -0.39 is 6.03 Å². The Kier molecular flexibility index (Phi) is 6.42. The molecule has 0 spiro atoms. The van der Waals surface area contributed by atoms with E-state index in [2.05, 4.69) is 20.6 Å². The number of rotatable bonds is 6. The molecule has 0 aliphatic rings. The van der Waals surface area contributed by atoms with Gasteiger partial charge in [-0.2, -0.15) is 0 Å². The van der Waals surface area contributed by atoms with Gasteiger partial charge in [0.15, 0.2) is 5.13 Å². The van der Waals surface area contributed by atoms with Gasteiger partial charge in [-0.1, -0.05) is 41.5 Å². The van der Waals surface area contributed by atoms with E-state index in [0.717, 1.165) is 16.4 Å². The zero-order valence-electron chi connectivity index (χ0n) is 13.6. The van der Waals surface area contributed by atoms with Crippen molar-refractivity contribution in [1.82, 2.24) is 9.97 Å². The van der Waals surface area contributed by atoms with E-state index in [1.807, 2.05) is 6.92 Å². The number of nitrogens with zero attached hydrogens (tertiary/aromatic N) is 2. The highest BCUT2D eigenvalue weighted by Crippen LogP contribution is 2.31. The van der Waals surface area contributed by atoms with E-state index in [1.165, 1.54) is 11.3 Å². The van der Waals surface area contributed by atoms with Crippen LogP contribution in [0, 0.1) is 0 Å². The molecule has 0 fully saturated rings. The van der Waals surface area contributed by atoms with E-state index in [9.17, 15) is 4.79 Å². The number of nitrogens with one attached hydrogen (secondary N) is 2. The fourth-order valence-electron chi connectivity index (χ4n) is 1.93. The van der Waals surface area contributed by atoms with Crippen LogP contribution in [0.5, 0.6) is 0 Å². The zero-order valence-corrected chi connectivity index (χ0v) is 16.7. The summed E-state index contributed by atoms with van der Waals surface area (Å²) in [5, 5.41) is 6.65. The molecule has 26 heavy (non-hydrogen) atoms. The van der Waals surface area contributed by atoms with Gasteiger partial charge in [-0.05, 0) is 18.2 Å². The maximum absolute atomic E-state index is 12.0. The Hall–Kier alpha value is -1.74. The van der Waals surface area contributed by atoms with Crippen molar-refractivity contribution in [3.05, 3.63) is 52.3 Å². The summed E-state index contributed by atoms with van der Waals surface area (Å²) in [4.78, 5) is 20.4. The molecule has 10 heteroatoms. The second kappa shape index (κ2) is 8.77.